The second-order valence-corrected chi connectivity index (χ2v) is 4.83. The number of benzene rings is 1. The smallest absolute Gasteiger partial charge is 0.389 e. The molecular weight excluding hydrogens is 302 g/mol. The fourth-order valence-electron chi connectivity index (χ4n) is 1.56. The van der Waals surface area contributed by atoms with E-state index in [4.69, 9.17) is 33.7 Å². The van der Waals surface area contributed by atoms with Crippen LogP contribution in [-0.4, -0.2) is 19.3 Å². The Hall–Kier alpha value is -0.650. The molecule has 1 rings (SSSR count). The Morgan fingerprint density at radius 3 is 2.47 bits per heavy atom. The second kappa shape index (κ2) is 7.22. The number of hydrogen-bond acceptors (Lipinski definition) is 2. The molecule has 7 heteroatoms. The van der Waals surface area contributed by atoms with Crippen molar-refractivity contribution < 1.29 is 17.9 Å². The van der Waals surface area contributed by atoms with E-state index in [9.17, 15) is 13.2 Å². The Morgan fingerprint density at radius 2 is 1.89 bits per heavy atom. The van der Waals surface area contributed by atoms with E-state index in [2.05, 4.69) is 0 Å². The molecule has 0 saturated carbocycles. The van der Waals surface area contributed by atoms with Gasteiger partial charge in [0, 0.05) is 11.4 Å². The summed E-state index contributed by atoms with van der Waals surface area (Å²) in [5, 5.41) is 0.721. The first-order valence-electron chi connectivity index (χ1n) is 5.71. The summed E-state index contributed by atoms with van der Waals surface area (Å²) in [6, 6.07) is 3.14. The lowest BCUT2D eigenvalue weighted by molar-refractivity contribution is -0.136. The van der Waals surface area contributed by atoms with Crippen molar-refractivity contribution in [2.75, 3.05) is 13.2 Å². The number of hydrogen-bond donors (Lipinski definition) is 1. The molecule has 0 radical (unpaired) electrons. The van der Waals surface area contributed by atoms with E-state index < -0.39 is 12.6 Å². The molecule has 108 valence electrons. The van der Waals surface area contributed by atoms with Crippen LogP contribution in [0.2, 0.25) is 10.0 Å². The van der Waals surface area contributed by atoms with E-state index in [-0.39, 0.29) is 18.1 Å². The predicted molar refractivity (Wildman–Crippen MR) is 70.0 cm³/mol. The zero-order valence-electron chi connectivity index (χ0n) is 10.1. The fraction of sp³-hybridized carbons (Fsp3) is 0.500. The lowest BCUT2D eigenvalue weighted by Gasteiger charge is -2.14. The van der Waals surface area contributed by atoms with Gasteiger partial charge in [-0.05, 0) is 37.1 Å². The van der Waals surface area contributed by atoms with Gasteiger partial charge in [-0.15, -0.1) is 0 Å². The van der Waals surface area contributed by atoms with Crippen LogP contribution < -0.4 is 10.5 Å². The molecule has 0 amide bonds. The van der Waals surface area contributed by atoms with Crippen molar-refractivity contribution >= 4 is 23.2 Å². The first kappa shape index (κ1) is 16.4. The van der Waals surface area contributed by atoms with E-state index in [0.717, 1.165) is 0 Å². The lowest BCUT2D eigenvalue weighted by Crippen LogP contribution is -2.11. The van der Waals surface area contributed by atoms with Gasteiger partial charge in [0.1, 0.15) is 5.75 Å². The number of ether oxygens (including phenoxy) is 1. The minimum absolute atomic E-state index is 0.0571. The van der Waals surface area contributed by atoms with Crippen molar-refractivity contribution in [2.24, 2.45) is 5.73 Å². The van der Waals surface area contributed by atoms with E-state index >= 15 is 0 Å². The third kappa shape index (κ3) is 5.89. The summed E-state index contributed by atoms with van der Waals surface area (Å²) in [5.41, 5.74) is 6.15. The van der Waals surface area contributed by atoms with Gasteiger partial charge in [0.15, 0.2) is 0 Å². The topological polar surface area (TPSA) is 35.2 Å². The molecule has 1 aromatic rings. The summed E-state index contributed by atoms with van der Waals surface area (Å²) in [6.07, 6.45) is -4.68. The molecule has 0 atom stereocenters. The number of rotatable bonds is 6. The molecule has 19 heavy (non-hydrogen) atoms. The standard InChI is InChI=1S/C12H14Cl2F3NO/c13-9-6-8(2-4-18)11(10(14)7-9)19-5-1-3-12(15,16)17/h6-7H,1-5,18H2. The van der Waals surface area contributed by atoms with Gasteiger partial charge in [-0.2, -0.15) is 13.2 Å². The molecule has 0 bridgehead atoms. The SMILES string of the molecule is NCCc1cc(Cl)cc(Cl)c1OCCCC(F)(F)F. The Bertz CT molecular complexity index is 424. The van der Waals surface area contributed by atoms with E-state index in [1.165, 1.54) is 6.07 Å². The van der Waals surface area contributed by atoms with Crippen LogP contribution in [-0.2, 0) is 6.42 Å². The van der Waals surface area contributed by atoms with Gasteiger partial charge in [-0.1, -0.05) is 23.2 Å². The van der Waals surface area contributed by atoms with Gasteiger partial charge < -0.3 is 10.5 Å². The average Bonchev–Trinajstić information content (AvgIpc) is 2.25. The summed E-state index contributed by atoms with van der Waals surface area (Å²) >= 11 is 11.8. The molecule has 0 spiro atoms. The molecule has 1 aromatic carbocycles. The van der Waals surface area contributed by atoms with Crippen LogP contribution in [0.5, 0.6) is 5.75 Å². The average molecular weight is 316 g/mol. The molecule has 0 heterocycles. The summed E-state index contributed by atoms with van der Waals surface area (Å²) in [7, 11) is 0. The Kier molecular flexibility index (Phi) is 6.23. The van der Waals surface area contributed by atoms with Crippen LogP contribution in [0.4, 0.5) is 13.2 Å². The molecule has 0 saturated heterocycles. The normalized spacial score (nSPS) is 11.7. The van der Waals surface area contributed by atoms with Gasteiger partial charge in [0.25, 0.3) is 0 Å². The molecule has 0 aliphatic carbocycles. The molecule has 0 aliphatic rings. The largest absolute Gasteiger partial charge is 0.492 e. The van der Waals surface area contributed by atoms with E-state index in [0.29, 0.717) is 29.3 Å². The van der Waals surface area contributed by atoms with Crippen molar-refractivity contribution in [1.29, 1.82) is 0 Å². The number of nitrogens with two attached hydrogens (primary N) is 1. The number of alkyl halides is 3. The van der Waals surface area contributed by atoms with Crippen LogP contribution in [0.3, 0.4) is 0 Å². The van der Waals surface area contributed by atoms with E-state index in [1.807, 2.05) is 0 Å². The molecule has 0 unspecified atom stereocenters. The molecule has 2 N–H and O–H groups in total. The van der Waals surface area contributed by atoms with Crippen molar-refractivity contribution in [3.63, 3.8) is 0 Å². The van der Waals surface area contributed by atoms with Gasteiger partial charge in [-0.3, -0.25) is 0 Å². The maximum absolute atomic E-state index is 12.0. The highest BCUT2D eigenvalue weighted by atomic mass is 35.5. The summed E-state index contributed by atoms with van der Waals surface area (Å²) in [4.78, 5) is 0. The summed E-state index contributed by atoms with van der Waals surface area (Å²) in [6.45, 7) is 0.314. The van der Waals surface area contributed by atoms with Gasteiger partial charge in [-0.25, -0.2) is 0 Å². The summed E-state index contributed by atoms with van der Waals surface area (Å²) in [5.74, 6) is 0.360. The van der Waals surface area contributed by atoms with Crippen LogP contribution in [0, 0.1) is 0 Å². The van der Waals surface area contributed by atoms with Crippen LogP contribution in [0.15, 0.2) is 12.1 Å². The summed E-state index contributed by atoms with van der Waals surface area (Å²) < 4.78 is 41.3. The van der Waals surface area contributed by atoms with Crippen molar-refractivity contribution in [3.8, 4) is 5.75 Å². The maximum atomic E-state index is 12.0. The molecule has 0 fully saturated rings. The number of halogens is 5. The van der Waals surface area contributed by atoms with Crippen LogP contribution in [0.25, 0.3) is 0 Å². The highest BCUT2D eigenvalue weighted by Gasteiger charge is 2.26. The molecule has 0 aliphatic heterocycles. The maximum Gasteiger partial charge on any atom is 0.389 e. The van der Waals surface area contributed by atoms with Gasteiger partial charge in [0.05, 0.1) is 11.6 Å². The van der Waals surface area contributed by atoms with Crippen molar-refractivity contribution in [1.82, 2.24) is 0 Å². The molecular formula is C12H14Cl2F3NO. The highest BCUT2D eigenvalue weighted by Crippen LogP contribution is 2.33. The third-order valence-corrected chi connectivity index (χ3v) is 2.85. The molecule has 2 nitrogen and oxygen atoms in total. The van der Waals surface area contributed by atoms with Crippen molar-refractivity contribution in [3.05, 3.63) is 27.7 Å². The zero-order valence-corrected chi connectivity index (χ0v) is 11.6. The first-order chi connectivity index (χ1) is 8.83. The minimum atomic E-state index is -4.17. The van der Waals surface area contributed by atoms with E-state index in [1.54, 1.807) is 6.07 Å². The fourth-order valence-corrected chi connectivity index (χ4v) is 2.15. The first-order valence-corrected chi connectivity index (χ1v) is 6.46. The quantitative estimate of drug-likeness (QED) is 0.798. The predicted octanol–water partition coefficient (Wildman–Crippen LogP) is 4.22. The Labute approximate surface area is 119 Å². The van der Waals surface area contributed by atoms with Crippen molar-refractivity contribution in [2.45, 2.75) is 25.4 Å². The second-order valence-electron chi connectivity index (χ2n) is 3.98. The van der Waals surface area contributed by atoms with Crippen LogP contribution >= 0.6 is 23.2 Å². The molecule has 0 aromatic heterocycles. The Balaban J connectivity index is 2.66. The van der Waals surface area contributed by atoms with Gasteiger partial charge >= 0.3 is 6.18 Å². The lowest BCUT2D eigenvalue weighted by atomic mass is 10.1. The monoisotopic (exact) mass is 315 g/mol. The third-order valence-electron chi connectivity index (χ3n) is 2.35. The highest BCUT2D eigenvalue weighted by molar-refractivity contribution is 6.35. The zero-order chi connectivity index (χ0) is 14.5. The Morgan fingerprint density at radius 1 is 1.21 bits per heavy atom. The van der Waals surface area contributed by atoms with Crippen LogP contribution in [0.1, 0.15) is 18.4 Å². The van der Waals surface area contributed by atoms with Gasteiger partial charge in [0.2, 0.25) is 0 Å². The minimum Gasteiger partial charge on any atom is -0.492 e.